The summed E-state index contributed by atoms with van der Waals surface area (Å²) in [5.41, 5.74) is 1.06. The Kier molecular flexibility index (Phi) is 8.99. The zero-order chi connectivity index (χ0) is 15.8. The summed E-state index contributed by atoms with van der Waals surface area (Å²) in [6.45, 7) is 5.59. The van der Waals surface area contributed by atoms with Gasteiger partial charge in [0, 0.05) is 19.1 Å². The highest BCUT2D eigenvalue weighted by atomic mass is 35.5. The van der Waals surface area contributed by atoms with Crippen LogP contribution < -0.4 is 15.4 Å². The predicted molar refractivity (Wildman–Crippen MR) is 95.2 cm³/mol. The number of ether oxygens (including phenoxy) is 1. The van der Waals surface area contributed by atoms with Crippen molar-refractivity contribution in [3.8, 4) is 5.75 Å². The first-order valence-corrected chi connectivity index (χ1v) is 8.09. The van der Waals surface area contributed by atoms with Crippen LogP contribution in [0.1, 0.15) is 25.3 Å². The number of nitrogens with one attached hydrogen (secondary N) is 2. The SMILES string of the molecule is CCOc1cccc(CNC(=O)CN2CCCC(NC)C2)c1.Cl. The van der Waals surface area contributed by atoms with Crippen LogP contribution in [-0.4, -0.2) is 50.1 Å². The van der Waals surface area contributed by atoms with E-state index in [1.165, 1.54) is 6.42 Å². The van der Waals surface area contributed by atoms with Crippen LogP contribution in [0.3, 0.4) is 0 Å². The van der Waals surface area contributed by atoms with Crippen LogP contribution in [0, 0.1) is 0 Å². The summed E-state index contributed by atoms with van der Waals surface area (Å²) in [6, 6.07) is 8.36. The third-order valence-corrected chi connectivity index (χ3v) is 3.98. The van der Waals surface area contributed by atoms with Crippen molar-refractivity contribution in [3.63, 3.8) is 0 Å². The van der Waals surface area contributed by atoms with E-state index in [9.17, 15) is 4.79 Å². The van der Waals surface area contributed by atoms with Gasteiger partial charge in [0.05, 0.1) is 13.2 Å². The Hall–Kier alpha value is -1.30. The van der Waals surface area contributed by atoms with E-state index in [2.05, 4.69) is 15.5 Å². The Morgan fingerprint density at radius 3 is 3.00 bits per heavy atom. The molecule has 1 atom stereocenters. The second kappa shape index (κ2) is 10.5. The molecule has 0 bridgehead atoms. The van der Waals surface area contributed by atoms with Gasteiger partial charge in [-0.05, 0) is 51.1 Å². The molecule has 1 aliphatic heterocycles. The number of likely N-dealkylation sites (tertiary alicyclic amines) is 1. The van der Waals surface area contributed by atoms with Gasteiger partial charge in [-0.15, -0.1) is 12.4 Å². The van der Waals surface area contributed by atoms with Crippen molar-refractivity contribution >= 4 is 18.3 Å². The average molecular weight is 342 g/mol. The minimum Gasteiger partial charge on any atom is -0.494 e. The molecule has 130 valence electrons. The molecule has 1 fully saturated rings. The molecule has 2 rings (SSSR count). The highest BCUT2D eigenvalue weighted by Gasteiger charge is 2.20. The van der Waals surface area contributed by atoms with Crippen LogP contribution >= 0.6 is 12.4 Å². The third-order valence-electron chi connectivity index (χ3n) is 3.98. The standard InChI is InChI=1S/C17H27N3O2.ClH/c1-3-22-16-8-4-6-14(10-16)11-19-17(21)13-20-9-5-7-15(12-20)18-2;/h4,6,8,10,15,18H,3,5,7,9,11-13H2,1-2H3,(H,19,21);1H. The van der Waals surface area contributed by atoms with Gasteiger partial charge in [-0.1, -0.05) is 12.1 Å². The lowest BCUT2D eigenvalue weighted by Gasteiger charge is -2.31. The van der Waals surface area contributed by atoms with Gasteiger partial charge in [-0.3, -0.25) is 9.69 Å². The Bertz CT molecular complexity index is 485. The minimum atomic E-state index is 0. The molecular formula is C17H28ClN3O2. The maximum atomic E-state index is 12.1. The second-order valence-corrected chi connectivity index (χ2v) is 5.72. The number of rotatable bonds is 7. The maximum Gasteiger partial charge on any atom is 0.234 e. The number of nitrogens with zero attached hydrogens (tertiary/aromatic N) is 1. The molecule has 1 unspecified atom stereocenters. The fourth-order valence-corrected chi connectivity index (χ4v) is 2.81. The third kappa shape index (κ3) is 6.77. The number of likely N-dealkylation sites (N-methyl/N-ethyl adjacent to an activating group) is 1. The Labute approximate surface area is 145 Å². The number of halogens is 1. The quantitative estimate of drug-likeness (QED) is 0.794. The van der Waals surface area contributed by atoms with Gasteiger partial charge in [0.1, 0.15) is 5.75 Å². The van der Waals surface area contributed by atoms with Crippen LogP contribution in [0.4, 0.5) is 0 Å². The summed E-state index contributed by atoms with van der Waals surface area (Å²) in [7, 11) is 1.99. The summed E-state index contributed by atoms with van der Waals surface area (Å²) in [6.07, 6.45) is 2.34. The molecule has 23 heavy (non-hydrogen) atoms. The number of carbonyl (C=O) groups excluding carboxylic acids is 1. The molecule has 2 N–H and O–H groups in total. The molecule has 1 aromatic rings. The van der Waals surface area contributed by atoms with Crippen molar-refractivity contribution in [2.24, 2.45) is 0 Å². The Morgan fingerprint density at radius 2 is 2.26 bits per heavy atom. The van der Waals surface area contributed by atoms with E-state index in [0.29, 0.717) is 25.7 Å². The summed E-state index contributed by atoms with van der Waals surface area (Å²) < 4.78 is 5.47. The zero-order valence-corrected chi connectivity index (χ0v) is 14.8. The van der Waals surface area contributed by atoms with Crippen LogP contribution in [0.5, 0.6) is 5.75 Å². The fourth-order valence-electron chi connectivity index (χ4n) is 2.81. The number of hydrogen-bond acceptors (Lipinski definition) is 4. The minimum absolute atomic E-state index is 0. The largest absolute Gasteiger partial charge is 0.494 e. The summed E-state index contributed by atoms with van der Waals surface area (Å²) in [4.78, 5) is 14.3. The number of amides is 1. The molecule has 1 amide bonds. The first-order chi connectivity index (χ1) is 10.7. The van der Waals surface area contributed by atoms with E-state index in [4.69, 9.17) is 4.74 Å². The number of benzene rings is 1. The van der Waals surface area contributed by atoms with Gasteiger partial charge in [0.25, 0.3) is 0 Å². The average Bonchev–Trinajstić information content (AvgIpc) is 2.54. The summed E-state index contributed by atoms with van der Waals surface area (Å²) >= 11 is 0. The van der Waals surface area contributed by atoms with Gasteiger partial charge in [0.15, 0.2) is 0 Å². The maximum absolute atomic E-state index is 12.1. The van der Waals surface area contributed by atoms with Crippen molar-refractivity contribution < 1.29 is 9.53 Å². The lowest BCUT2D eigenvalue weighted by molar-refractivity contribution is -0.122. The van der Waals surface area contributed by atoms with E-state index in [-0.39, 0.29) is 18.3 Å². The normalized spacial score (nSPS) is 18.1. The molecule has 1 heterocycles. The van der Waals surface area contributed by atoms with Crippen LogP contribution in [0.15, 0.2) is 24.3 Å². The van der Waals surface area contributed by atoms with Gasteiger partial charge >= 0.3 is 0 Å². The van der Waals surface area contributed by atoms with Crippen molar-refractivity contribution in [1.29, 1.82) is 0 Å². The highest BCUT2D eigenvalue weighted by molar-refractivity contribution is 5.85. The van der Waals surface area contributed by atoms with Crippen molar-refractivity contribution in [3.05, 3.63) is 29.8 Å². The van der Waals surface area contributed by atoms with Crippen molar-refractivity contribution in [1.82, 2.24) is 15.5 Å². The number of piperidine rings is 1. The molecule has 0 spiro atoms. The van der Waals surface area contributed by atoms with Gasteiger partial charge in [-0.25, -0.2) is 0 Å². The summed E-state index contributed by atoms with van der Waals surface area (Å²) in [5.74, 6) is 0.931. The van der Waals surface area contributed by atoms with E-state index >= 15 is 0 Å². The van der Waals surface area contributed by atoms with E-state index < -0.39 is 0 Å². The Morgan fingerprint density at radius 1 is 1.43 bits per heavy atom. The molecule has 1 aliphatic rings. The lowest BCUT2D eigenvalue weighted by Crippen LogP contribution is -2.47. The molecule has 1 aromatic carbocycles. The van der Waals surface area contributed by atoms with E-state index in [1.54, 1.807) is 0 Å². The number of hydrogen-bond donors (Lipinski definition) is 2. The van der Waals surface area contributed by atoms with Crippen LogP contribution in [0.2, 0.25) is 0 Å². The Balaban J connectivity index is 0.00000264. The zero-order valence-electron chi connectivity index (χ0n) is 14.0. The van der Waals surface area contributed by atoms with Gasteiger partial charge in [0.2, 0.25) is 5.91 Å². The van der Waals surface area contributed by atoms with E-state index in [0.717, 1.165) is 30.8 Å². The van der Waals surface area contributed by atoms with Crippen molar-refractivity contribution in [2.75, 3.05) is 33.3 Å². The van der Waals surface area contributed by atoms with Gasteiger partial charge in [-0.2, -0.15) is 0 Å². The van der Waals surface area contributed by atoms with E-state index in [1.807, 2.05) is 38.2 Å². The number of carbonyl (C=O) groups is 1. The molecule has 1 saturated heterocycles. The lowest BCUT2D eigenvalue weighted by atomic mass is 10.1. The first kappa shape index (κ1) is 19.7. The molecule has 6 heteroatoms. The van der Waals surface area contributed by atoms with Crippen molar-refractivity contribution in [2.45, 2.75) is 32.4 Å². The molecule has 0 radical (unpaired) electrons. The first-order valence-electron chi connectivity index (χ1n) is 8.09. The molecule has 0 saturated carbocycles. The second-order valence-electron chi connectivity index (χ2n) is 5.72. The van der Waals surface area contributed by atoms with Crippen LogP contribution in [-0.2, 0) is 11.3 Å². The predicted octanol–water partition coefficient (Wildman–Crippen LogP) is 1.81. The fraction of sp³-hybridized carbons (Fsp3) is 0.588. The molecule has 5 nitrogen and oxygen atoms in total. The highest BCUT2D eigenvalue weighted by Crippen LogP contribution is 2.13. The molecule has 0 aromatic heterocycles. The summed E-state index contributed by atoms with van der Waals surface area (Å²) in [5, 5.41) is 6.29. The molecule has 0 aliphatic carbocycles. The monoisotopic (exact) mass is 341 g/mol. The topological polar surface area (TPSA) is 53.6 Å². The molecular weight excluding hydrogens is 314 g/mol. The van der Waals surface area contributed by atoms with Gasteiger partial charge < -0.3 is 15.4 Å². The smallest absolute Gasteiger partial charge is 0.234 e. The van der Waals surface area contributed by atoms with Crippen LogP contribution in [0.25, 0.3) is 0 Å².